The second kappa shape index (κ2) is 3.83. The first-order valence-electron chi connectivity index (χ1n) is 3.58. The second-order valence-corrected chi connectivity index (χ2v) is 3.40. The molecule has 0 radical (unpaired) electrons. The number of halogens is 2. The Morgan fingerprint density at radius 3 is 2.57 bits per heavy atom. The number of hydrogen-bond acceptors (Lipinski definition) is 3. The molecule has 0 aromatic heterocycles. The van der Waals surface area contributed by atoms with Crippen LogP contribution in [-0.4, -0.2) is 10.7 Å². The van der Waals surface area contributed by atoms with Crippen molar-refractivity contribution in [1.82, 2.24) is 0 Å². The minimum absolute atomic E-state index is 0.0163. The third-order valence-electron chi connectivity index (χ3n) is 1.61. The van der Waals surface area contributed by atoms with Crippen LogP contribution in [0.4, 0.5) is 10.1 Å². The first-order chi connectivity index (χ1) is 6.43. The summed E-state index contributed by atoms with van der Waals surface area (Å²) in [6, 6.07) is 1.99. The van der Waals surface area contributed by atoms with Crippen molar-refractivity contribution in [3.8, 4) is 0 Å². The molecule has 0 heterocycles. The predicted octanol–water partition coefficient (Wildman–Crippen LogP) is 2.70. The molecule has 0 saturated heterocycles. The van der Waals surface area contributed by atoms with E-state index in [0.717, 1.165) is 12.1 Å². The zero-order valence-corrected chi connectivity index (χ0v) is 8.67. The fourth-order valence-corrected chi connectivity index (χ4v) is 1.28. The molecule has 0 amide bonds. The summed E-state index contributed by atoms with van der Waals surface area (Å²) in [6.45, 7) is 1.21. The van der Waals surface area contributed by atoms with Crippen molar-refractivity contribution in [1.29, 1.82) is 0 Å². The number of nitrogens with zero attached hydrogens (tertiary/aromatic N) is 1. The van der Waals surface area contributed by atoms with Crippen LogP contribution in [0.25, 0.3) is 0 Å². The van der Waals surface area contributed by atoms with Gasteiger partial charge in [0.1, 0.15) is 10.3 Å². The van der Waals surface area contributed by atoms with Crippen LogP contribution in [0.15, 0.2) is 16.6 Å². The van der Waals surface area contributed by atoms with Crippen LogP contribution in [-0.2, 0) is 0 Å². The van der Waals surface area contributed by atoms with Gasteiger partial charge in [0, 0.05) is 11.6 Å². The number of Topliss-reactive ketones (excluding diaryl/α,β-unsaturated/α-hetero) is 1. The Labute approximate surface area is 87.0 Å². The normalized spacial score (nSPS) is 9.93. The number of carbonyl (C=O) groups is 1. The molecule has 0 spiro atoms. The molecule has 1 aromatic rings. The number of ketones is 1. The first-order valence-corrected chi connectivity index (χ1v) is 4.37. The minimum Gasteiger partial charge on any atom is -0.295 e. The zero-order valence-electron chi connectivity index (χ0n) is 7.08. The molecule has 0 bridgehead atoms. The van der Waals surface area contributed by atoms with Crippen molar-refractivity contribution < 1.29 is 14.1 Å². The Bertz CT molecular complexity index is 419. The molecule has 1 rings (SSSR count). The van der Waals surface area contributed by atoms with Crippen LogP contribution in [0.1, 0.15) is 17.3 Å². The summed E-state index contributed by atoms with van der Waals surface area (Å²) in [7, 11) is 0. The third-order valence-corrected chi connectivity index (χ3v) is 2.40. The highest BCUT2D eigenvalue weighted by Crippen LogP contribution is 2.29. The molecule has 0 unspecified atom stereocenters. The van der Waals surface area contributed by atoms with E-state index in [2.05, 4.69) is 15.9 Å². The van der Waals surface area contributed by atoms with Crippen LogP contribution in [0.2, 0.25) is 0 Å². The average molecular weight is 262 g/mol. The zero-order chi connectivity index (χ0) is 10.9. The van der Waals surface area contributed by atoms with E-state index in [-0.39, 0.29) is 10.0 Å². The Hall–Kier alpha value is -1.30. The van der Waals surface area contributed by atoms with Gasteiger partial charge in [0.15, 0.2) is 5.78 Å². The van der Waals surface area contributed by atoms with Gasteiger partial charge in [-0.3, -0.25) is 14.9 Å². The number of hydrogen-bond donors (Lipinski definition) is 0. The molecular weight excluding hydrogens is 257 g/mol. The second-order valence-electron chi connectivity index (χ2n) is 2.60. The highest BCUT2D eigenvalue weighted by atomic mass is 79.9. The fourth-order valence-electron chi connectivity index (χ4n) is 0.911. The molecule has 0 fully saturated rings. The van der Waals surface area contributed by atoms with Gasteiger partial charge in [0.25, 0.3) is 5.69 Å². The predicted molar refractivity (Wildman–Crippen MR) is 50.8 cm³/mol. The van der Waals surface area contributed by atoms with Gasteiger partial charge in [0.05, 0.1) is 4.92 Å². The van der Waals surface area contributed by atoms with Gasteiger partial charge in [-0.05, 0) is 28.9 Å². The van der Waals surface area contributed by atoms with Crippen molar-refractivity contribution in [3.05, 3.63) is 38.1 Å². The number of nitro groups is 1. The standard InChI is InChI=1S/C8H5BrFNO3/c1-4(12)5-2-6(10)8(9)7(3-5)11(13)14/h2-3H,1H3. The van der Waals surface area contributed by atoms with Gasteiger partial charge in [-0.15, -0.1) is 0 Å². The van der Waals surface area contributed by atoms with Gasteiger partial charge in [-0.25, -0.2) is 4.39 Å². The number of nitro benzene ring substituents is 1. The SMILES string of the molecule is CC(=O)c1cc(F)c(Br)c([N+](=O)[O-])c1. The molecule has 0 aliphatic rings. The van der Waals surface area contributed by atoms with E-state index in [0.29, 0.717) is 0 Å². The fraction of sp³-hybridized carbons (Fsp3) is 0.125. The summed E-state index contributed by atoms with van der Waals surface area (Å²) in [5, 5.41) is 10.4. The van der Waals surface area contributed by atoms with Crippen molar-refractivity contribution in [2.75, 3.05) is 0 Å². The lowest BCUT2D eigenvalue weighted by molar-refractivity contribution is -0.385. The Kier molecular flexibility index (Phi) is 2.95. The summed E-state index contributed by atoms with van der Waals surface area (Å²) in [5.74, 6) is -1.23. The Balaban J connectivity index is 3.43. The molecule has 1 aromatic carbocycles. The van der Waals surface area contributed by atoms with Crippen LogP contribution >= 0.6 is 15.9 Å². The third kappa shape index (κ3) is 1.95. The molecule has 4 nitrogen and oxygen atoms in total. The quantitative estimate of drug-likeness (QED) is 0.467. The summed E-state index contributed by atoms with van der Waals surface area (Å²) < 4.78 is 12.8. The highest BCUT2D eigenvalue weighted by molar-refractivity contribution is 9.10. The van der Waals surface area contributed by atoms with Crippen LogP contribution in [0.3, 0.4) is 0 Å². The molecule has 0 saturated carbocycles. The van der Waals surface area contributed by atoms with Gasteiger partial charge in [-0.2, -0.15) is 0 Å². The maximum atomic E-state index is 13.1. The molecule has 6 heteroatoms. The van der Waals surface area contributed by atoms with E-state index >= 15 is 0 Å². The monoisotopic (exact) mass is 261 g/mol. The maximum absolute atomic E-state index is 13.1. The van der Waals surface area contributed by atoms with E-state index in [1.165, 1.54) is 6.92 Å². The van der Waals surface area contributed by atoms with E-state index in [4.69, 9.17) is 0 Å². The topological polar surface area (TPSA) is 60.2 Å². The van der Waals surface area contributed by atoms with Crippen LogP contribution in [0, 0.1) is 15.9 Å². The smallest absolute Gasteiger partial charge is 0.287 e. The van der Waals surface area contributed by atoms with Crippen molar-refractivity contribution in [2.24, 2.45) is 0 Å². The Morgan fingerprint density at radius 1 is 1.57 bits per heavy atom. The molecule has 0 aliphatic carbocycles. The highest BCUT2D eigenvalue weighted by Gasteiger charge is 2.18. The summed E-state index contributed by atoms with van der Waals surface area (Å²) in [6.07, 6.45) is 0. The molecule has 74 valence electrons. The van der Waals surface area contributed by atoms with Crippen molar-refractivity contribution >= 4 is 27.4 Å². The molecular formula is C8H5BrFNO3. The Morgan fingerprint density at radius 2 is 2.14 bits per heavy atom. The number of carbonyl (C=O) groups excluding carboxylic acids is 1. The number of rotatable bonds is 2. The summed E-state index contributed by atoms with van der Waals surface area (Å²) in [4.78, 5) is 20.6. The average Bonchev–Trinajstić information content (AvgIpc) is 2.08. The molecule has 0 aliphatic heterocycles. The lowest BCUT2D eigenvalue weighted by Crippen LogP contribution is -1.98. The number of benzene rings is 1. The van der Waals surface area contributed by atoms with Crippen LogP contribution < -0.4 is 0 Å². The maximum Gasteiger partial charge on any atom is 0.287 e. The minimum atomic E-state index is -0.815. The lowest BCUT2D eigenvalue weighted by atomic mass is 10.1. The van der Waals surface area contributed by atoms with Crippen LogP contribution in [0.5, 0.6) is 0 Å². The van der Waals surface area contributed by atoms with Gasteiger partial charge < -0.3 is 0 Å². The summed E-state index contributed by atoms with van der Waals surface area (Å²) in [5.41, 5.74) is -0.465. The first kappa shape index (κ1) is 10.8. The summed E-state index contributed by atoms with van der Waals surface area (Å²) >= 11 is 2.74. The van der Waals surface area contributed by atoms with Crippen molar-refractivity contribution in [3.63, 3.8) is 0 Å². The molecule has 0 atom stereocenters. The van der Waals surface area contributed by atoms with E-state index in [9.17, 15) is 19.3 Å². The van der Waals surface area contributed by atoms with E-state index in [1.807, 2.05) is 0 Å². The molecule has 0 N–H and O–H groups in total. The largest absolute Gasteiger partial charge is 0.295 e. The lowest BCUT2D eigenvalue weighted by Gasteiger charge is -2.00. The molecule has 14 heavy (non-hydrogen) atoms. The van der Waals surface area contributed by atoms with E-state index in [1.54, 1.807) is 0 Å². The van der Waals surface area contributed by atoms with Crippen molar-refractivity contribution in [2.45, 2.75) is 6.92 Å². The van der Waals surface area contributed by atoms with Gasteiger partial charge in [0.2, 0.25) is 0 Å². The van der Waals surface area contributed by atoms with E-state index < -0.39 is 22.2 Å². The van der Waals surface area contributed by atoms with Gasteiger partial charge in [-0.1, -0.05) is 0 Å². The van der Waals surface area contributed by atoms with Gasteiger partial charge >= 0.3 is 0 Å².